The molecule has 0 unspecified atom stereocenters. The second kappa shape index (κ2) is 7.38. The Morgan fingerprint density at radius 3 is 2.52 bits per heavy atom. The van der Waals surface area contributed by atoms with E-state index in [1.165, 1.54) is 0 Å². The lowest BCUT2D eigenvalue weighted by Gasteiger charge is -2.29. The van der Waals surface area contributed by atoms with Crippen LogP contribution in [0, 0.1) is 6.92 Å². The molecule has 1 saturated carbocycles. The van der Waals surface area contributed by atoms with Gasteiger partial charge in [-0.2, -0.15) is 0 Å². The average Bonchev–Trinajstić information content (AvgIpc) is 2.82. The van der Waals surface area contributed by atoms with Crippen LogP contribution in [0.2, 0.25) is 0 Å². The zero-order chi connectivity index (χ0) is 15.3. The molecule has 0 amide bonds. The van der Waals surface area contributed by atoms with Crippen LogP contribution in [0.15, 0.2) is 10.6 Å². The molecule has 1 aliphatic carbocycles. The van der Waals surface area contributed by atoms with Gasteiger partial charge >= 0.3 is 0 Å². The number of sulfonamides is 1. The maximum Gasteiger partial charge on any atom is 0.217 e. The summed E-state index contributed by atoms with van der Waals surface area (Å²) in [6, 6.07) is 2.23. The first kappa shape index (κ1) is 16.5. The topological polar surface area (TPSA) is 84.2 Å². The van der Waals surface area contributed by atoms with Crippen molar-refractivity contribution in [2.24, 2.45) is 0 Å². The number of nitrogens with zero attached hydrogens (tertiary/aromatic N) is 1. The number of nitrogens with one attached hydrogen (secondary N) is 2. The summed E-state index contributed by atoms with van der Waals surface area (Å²) in [5.74, 6) is 0.515. The monoisotopic (exact) mass is 315 g/mol. The van der Waals surface area contributed by atoms with Gasteiger partial charge in [0.1, 0.15) is 17.2 Å². The standard InChI is InChI=1S/C14H25N3O3S/c1-3-8-15-12-4-6-13(7-5-12)17-21(18,19)10-14-9-11(2)20-16-14/h9,12-13,15,17H,3-8,10H2,1-2H3. The fourth-order valence-electron chi connectivity index (χ4n) is 2.74. The third kappa shape index (κ3) is 5.41. The molecular weight excluding hydrogens is 290 g/mol. The molecule has 1 heterocycles. The highest BCUT2D eigenvalue weighted by Gasteiger charge is 2.25. The van der Waals surface area contributed by atoms with Crippen molar-refractivity contribution in [2.75, 3.05) is 6.54 Å². The van der Waals surface area contributed by atoms with E-state index in [-0.39, 0.29) is 11.8 Å². The van der Waals surface area contributed by atoms with E-state index >= 15 is 0 Å². The van der Waals surface area contributed by atoms with E-state index in [0.29, 0.717) is 17.5 Å². The van der Waals surface area contributed by atoms with Crippen molar-refractivity contribution in [3.8, 4) is 0 Å². The lowest BCUT2D eigenvalue weighted by Crippen LogP contribution is -2.42. The first-order valence-corrected chi connectivity index (χ1v) is 9.29. The van der Waals surface area contributed by atoms with Crippen LogP contribution in [0.5, 0.6) is 0 Å². The Labute approximate surface area is 126 Å². The minimum atomic E-state index is -3.35. The summed E-state index contributed by atoms with van der Waals surface area (Å²) < 4.78 is 31.9. The molecule has 0 spiro atoms. The quantitative estimate of drug-likeness (QED) is 0.800. The van der Waals surface area contributed by atoms with E-state index in [1.54, 1.807) is 13.0 Å². The van der Waals surface area contributed by atoms with Crippen molar-refractivity contribution in [3.63, 3.8) is 0 Å². The highest BCUT2D eigenvalue weighted by atomic mass is 32.2. The van der Waals surface area contributed by atoms with Crippen molar-refractivity contribution < 1.29 is 12.9 Å². The molecular formula is C14H25N3O3S. The van der Waals surface area contributed by atoms with Gasteiger partial charge in [-0.15, -0.1) is 0 Å². The Morgan fingerprint density at radius 2 is 1.95 bits per heavy atom. The van der Waals surface area contributed by atoms with Crippen LogP contribution in [0.4, 0.5) is 0 Å². The smallest absolute Gasteiger partial charge is 0.217 e. The highest BCUT2D eigenvalue weighted by Crippen LogP contribution is 2.20. The predicted molar refractivity (Wildman–Crippen MR) is 81.3 cm³/mol. The number of rotatable bonds is 7. The molecule has 2 rings (SSSR count). The molecule has 0 radical (unpaired) electrons. The highest BCUT2D eigenvalue weighted by molar-refractivity contribution is 7.88. The van der Waals surface area contributed by atoms with E-state index < -0.39 is 10.0 Å². The zero-order valence-electron chi connectivity index (χ0n) is 12.8. The summed E-state index contributed by atoms with van der Waals surface area (Å²) in [5.41, 5.74) is 0.457. The minimum absolute atomic E-state index is 0.0441. The number of aromatic nitrogens is 1. The van der Waals surface area contributed by atoms with Crippen molar-refractivity contribution in [2.45, 2.75) is 63.8 Å². The molecule has 6 nitrogen and oxygen atoms in total. The molecule has 0 saturated heterocycles. The van der Waals surface area contributed by atoms with Gasteiger partial charge in [0.15, 0.2) is 0 Å². The van der Waals surface area contributed by atoms with Crippen LogP contribution < -0.4 is 10.0 Å². The fraction of sp³-hybridized carbons (Fsp3) is 0.786. The van der Waals surface area contributed by atoms with Crippen LogP contribution in [0.3, 0.4) is 0 Å². The second-order valence-electron chi connectivity index (χ2n) is 5.81. The lowest BCUT2D eigenvalue weighted by molar-refractivity contribution is 0.329. The minimum Gasteiger partial charge on any atom is -0.361 e. The largest absolute Gasteiger partial charge is 0.361 e. The molecule has 7 heteroatoms. The molecule has 21 heavy (non-hydrogen) atoms. The molecule has 1 aromatic rings. The van der Waals surface area contributed by atoms with Crippen molar-refractivity contribution in [1.29, 1.82) is 0 Å². The van der Waals surface area contributed by atoms with Crippen LogP contribution in [0.1, 0.15) is 50.5 Å². The number of hydrogen-bond acceptors (Lipinski definition) is 5. The second-order valence-corrected chi connectivity index (χ2v) is 7.56. The Kier molecular flexibility index (Phi) is 5.78. The summed E-state index contributed by atoms with van der Waals surface area (Å²) in [6.07, 6.45) is 4.95. The summed E-state index contributed by atoms with van der Waals surface area (Å²) in [5, 5.41) is 7.23. The normalized spacial score (nSPS) is 23.3. The molecule has 2 N–H and O–H groups in total. The number of aryl methyl sites for hydroxylation is 1. The molecule has 0 atom stereocenters. The fourth-order valence-corrected chi connectivity index (χ4v) is 4.09. The third-order valence-electron chi connectivity index (χ3n) is 3.77. The van der Waals surface area contributed by atoms with Crippen LogP contribution in [-0.2, 0) is 15.8 Å². The van der Waals surface area contributed by atoms with E-state index in [9.17, 15) is 8.42 Å². The maximum atomic E-state index is 12.1. The summed E-state index contributed by atoms with van der Waals surface area (Å²) in [6.45, 7) is 4.94. The van der Waals surface area contributed by atoms with E-state index in [2.05, 4.69) is 22.1 Å². The first-order valence-electron chi connectivity index (χ1n) is 7.64. The van der Waals surface area contributed by atoms with Crippen LogP contribution in [-0.4, -0.2) is 32.2 Å². The van der Waals surface area contributed by atoms with Gasteiger partial charge in [0, 0.05) is 18.2 Å². The third-order valence-corrected chi connectivity index (χ3v) is 5.14. The zero-order valence-corrected chi connectivity index (χ0v) is 13.6. The van der Waals surface area contributed by atoms with Crippen molar-refractivity contribution in [1.82, 2.24) is 15.2 Å². The molecule has 0 bridgehead atoms. The van der Waals surface area contributed by atoms with E-state index in [0.717, 1.165) is 38.6 Å². The van der Waals surface area contributed by atoms with Gasteiger partial charge in [-0.05, 0) is 45.6 Å². The predicted octanol–water partition coefficient (Wildman–Crippen LogP) is 1.71. The van der Waals surface area contributed by atoms with Gasteiger partial charge in [0.2, 0.25) is 10.0 Å². The van der Waals surface area contributed by atoms with Gasteiger partial charge in [0.25, 0.3) is 0 Å². The Balaban J connectivity index is 1.79. The van der Waals surface area contributed by atoms with Crippen molar-refractivity contribution in [3.05, 3.63) is 17.5 Å². The van der Waals surface area contributed by atoms with Crippen LogP contribution in [0.25, 0.3) is 0 Å². The van der Waals surface area contributed by atoms with Crippen molar-refractivity contribution >= 4 is 10.0 Å². The van der Waals surface area contributed by atoms with Gasteiger partial charge in [0.05, 0.1) is 0 Å². The van der Waals surface area contributed by atoms with E-state index in [1.807, 2.05) is 0 Å². The van der Waals surface area contributed by atoms with Gasteiger partial charge in [-0.3, -0.25) is 0 Å². The number of hydrogen-bond donors (Lipinski definition) is 2. The molecule has 1 aliphatic rings. The molecule has 0 aromatic carbocycles. The molecule has 120 valence electrons. The average molecular weight is 315 g/mol. The SMILES string of the molecule is CCCNC1CCC(NS(=O)(=O)Cc2cc(C)on2)CC1. The molecule has 1 fully saturated rings. The van der Waals surface area contributed by atoms with E-state index in [4.69, 9.17) is 4.52 Å². The molecule has 0 aliphatic heterocycles. The summed E-state index contributed by atoms with van der Waals surface area (Å²) in [4.78, 5) is 0. The maximum absolute atomic E-state index is 12.1. The lowest BCUT2D eigenvalue weighted by atomic mass is 9.92. The van der Waals surface area contributed by atoms with Gasteiger partial charge in [-0.1, -0.05) is 12.1 Å². The Bertz CT molecular complexity index is 533. The molecule has 1 aromatic heterocycles. The van der Waals surface area contributed by atoms with Gasteiger partial charge in [-0.25, -0.2) is 13.1 Å². The Morgan fingerprint density at radius 1 is 1.29 bits per heavy atom. The summed E-state index contributed by atoms with van der Waals surface area (Å²) >= 11 is 0. The Hall–Kier alpha value is -0.920. The first-order chi connectivity index (χ1) is 9.98. The van der Waals surface area contributed by atoms with Crippen LogP contribution >= 0.6 is 0 Å². The summed E-state index contributed by atoms with van der Waals surface area (Å²) in [7, 11) is -3.35. The van der Waals surface area contributed by atoms with Gasteiger partial charge < -0.3 is 9.84 Å².